The zero-order valence-electron chi connectivity index (χ0n) is 30.5. The fourth-order valence-electron chi connectivity index (χ4n) is 8.73. The maximum Gasteiger partial charge on any atom is 0.281 e. The van der Waals surface area contributed by atoms with Gasteiger partial charge in [-0.1, -0.05) is 65.3 Å². The third kappa shape index (κ3) is 6.82. The van der Waals surface area contributed by atoms with E-state index < -0.39 is 31.8 Å². The SMILES string of the molecule is COCOc1cc(-c2nc(C(F)F)c3c(N4CC5CCC(C5)C4)nc(SC)nc3c2F)c2c(C#C[Si](C(C)C)(C(C)C)C(C)C)c(F)ccc2c1. The lowest BCUT2D eigenvalue weighted by atomic mass is 9.95. The average Bonchev–Trinajstić information content (AvgIpc) is 3.43. The Hall–Kier alpha value is -3.40. The van der Waals surface area contributed by atoms with Crippen LogP contribution in [-0.4, -0.2) is 56.3 Å². The van der Waals surface area contributed by atoms with Crippen molar-refractivity contribution in [2.45, 2.75) is 89.0 Å². The zero-order chi connectivity index (χ0) is 36.8. The number of ether oxygens (including phenoxy) is 2. The number of hydrogen-bond acceptors (Lipinski definition) is 7. The third-order valence-electron chi connectivity index (χ3n) is 11.0. The van der Waals surface area contributed by atoms with Crippen LogP contribution in [0.4, 0.5) is 23.4 Å². The molecule has 2 aliphatic rings. The highest BCUT2D eigenvalue weighted by atomic mass is 32.2. The van der Waals surface area contributed by atoms with Gasteiger partial charge in [0.1, 0.15) is 42.4 Å². The summed E-state index contributed by atoms with van der Waals surface area (Å²) in [6.45, 7) is 14.2. The number of hydrogen-bond donors (Lipinski definition) is 0. The van der Waals surface area contributed by atoms with Crippen LogP contribution in [0, 0.1) is 34.9 Å². The molecule has 4 aromatic rings. The number of methoxy groups -OCH3 is 1. The predicted molar refractivity (Wildman–Crippen MR) is 200 cm³/mol. The summed E-state index contributed by atoms with van der Waals surface area (Å²) in [5.74, 6) is 3.16. The molecule has 51 heavy (non-hydrogen) atoms. The summed E-state index contributed by atoms with van der Waals surface area (Å²) in [5.41, 5.74) is 3.33. The van der Waals surface area contributed by atoms with E-state index in [4.69, 9.17) is 9.47 Å². The third-order valence-corrected chi connectivity index (χ3v) is 17.8. The molecule has 0 radical (unpaired) electrons. The van der Waals surface area contributed by atoms with Crippen molar-refractivity contribution in [1.29, 1.82) is 0 Å². The van der Waals surface area contributed by atoms with E-state index in [-0.39, 0.29) is 73.3 Å². The topological polar surface area (TPSA) is 60.4 Å². The minimum Gasteiger partial charge on any atom is -0.468 e. The van der Waals surface area contributed by atoms with Gasteiger partial charge in [-0.05, 0) is 77.6 Å². The maximum absolute atomic E-state index is 17.3. The minimum atomic E-state index is -3.07. The van der Waals surface area contributed by atoms with Gasteiger partial charge in [0.15, 0.2) is 17.8 Å². The maximum atomic E-state index is 17.3. The Balaban J connectivity index is 1.68. The van der Waals surface area contributed by atoms with E-state index in [2.05, 4.69) is 68.0 Å². The summed E-state index contributed by atoms with van der Waals surface area (Å²) in [7, 11) is -0.872. The first-order valence-electron chi connectivity index (χ1n) is 17.7. The molecule has 1 saturated heterocycles. The van der Waals surface area contributed by atoms with Crippen LogP contribution < -0.4 is 9.64 Å². The van der Waals surface area contributed by atoms with Crippen LogP contribution in [0.2, 0.25) is 16.6 Å². The van der Waals surface area contributed by atoms with Gasteiger partial charge >= 0.3 is 0 Å². The molecule has 2 bridgehead atoms. The highest BCUT2D eigenvalue weighted by Crippen LogP contribution is 2.45. The number of aromatic nitrogens is 3. The summed E-state index contributed by atoms with van der Waals surface area (Å²) in [6, 6.07) is 6.06. The molecule has 2 atom stereocenters. The fourth-order valence-corrected chi connectivity index (χ4v) is 14.3. The number of benzene rings is 2. The first kappa shape index (κ1) is 37.4. The number of fused-ring (bicyclic) bond motifs is 4. The summed E-state index contributed by atoms with van der Waals surface area (Å²) in [4.78, 5) is 15.6. The van der Waals surface area contributed by atoms with Crippen molar-refractivity contribution in [2.75, 3.05) is 38.1 Å². The van der Waals surface area contributed by atoms with Gasteiger partial charge in [-0.15, -0.1) is 5.54 Å². The van der Waals surface area contributed by atoms with Crippen LogP contribution in [0.15, 0.2) is 29.4 Å². The molecule has 272 valence electrons. The van der Waals surface area contributed by atoms with E-state index in [0.29, 0.717) is 30.3 Å². The summed E-state index contributed by atoms with van der Waals surface area (Å²) in [5, 5.41) is 0.939. The molecule has 3 heterocycles. The molecule has 0 N–H and O–H groups in total. The Kier molecular flexibility index (Phi) is 10.9. The van der Waals surface area contributed by atoms with Gasteiger partial charge in [0.25, 0.3) is 6.43 Å². The molecule has 6 rings (SSSR count). The van der Waals surface area contributed by atoms with E-state index in [9.17, 15) is 0 Å². The first-order valence-corrected chi connectivity index (χ1v) is 21.2. The summed E-state index contributed by atoms with van der Waals surface area (Å²) < 4.78 is 74.7. The van der Waals surface area contributed by atoms with E-state index in [1.807, 2.05) is 4.90 Å². The van der Waals surface area contributed by atoms with Crippen molar-refractivity contribution < 1.29 is 27.0 Å². The molecular weight excluding hydrogens is 693 g/mol. The smallest absolute Gasteiger partial charge is 0.281 e. The van der Waals surface area contributed by atoms with E-state index in [0.717, 1.165) is 19.3 Å². The molecule has 0 spiro atoms. The molecule has 2 aromatic carbocycles. The van der Waals surface area contributed by atoms with Crippen LogP contribution in [0.1, 0.15) is 78.5 Å². The Morgan fingerprint density at radius 2 is 1.61 bits per heavy atom. The predicted octanol–water partition coefficient (Wildman–Crippen LogP) is 10.6. The van der Waals surface area contributed by atoms with Crippen molar-refractivity contribution in [3.8, 4) is 28.5 Å². The Morgan fingerprint density at radius 1 is 0.941 bits per heavy atom. The molecular formula is C39H46F4N4O2SSi. The molecule has 0 amide bonds. The van der Waals surface area contributed by atoms with Gasteiger partial charge in [-0.3, -0.25) is 0 Å². The van der Waals surface area contributed by atoms with Gasteiger partial charge in [-0.25, -0.2) is 32.5 Å². The van der Waals surface area contributed by atoms with E-state index in [1.54, 1.807) is 18.4 Å². The quantitative estimate of drug-likeness (QED) is 0.0401. The molecule has 1 saturated carbocycles. The lowest BCUT2D eigenvalue weighted by Crippen LogP contribution is -2.43. The number of halogens is 4. The van der Waals surface area contributed by atoms with E-state index >= 15 is 17.6 Å². The highest BCUT2D eigenvalue weighted by Gasteiger charge is 2.42. The lowest BCUT2D eigenvalue weighted by Gasteiger charge is -2.38. The largest absolute Gasteiger partial charge is 0.468 e. The molecule has 2 aromatic heterocycles. The number of thioether (sulfide) groups is 1. The highest BCUT2D eigenvalue weighted by molar-refractivity contribution is 7.98. The number of rotatable bonds is 10. The van der Waals surface area contributed by atoms with Crippen molar-refractivity contribution in [1.82, 2.24) is 15.0 Å². The van der Waals surface area contributed by atoms with Gasteiger partial charge in [-0.2, -0.15) is 0 Å². The normalized spacial score (nSPS) is 17.8. The van der Waals surface area contributed by atoms with Gasteiger partial charge < -0.3 is 14.4 Å². The second-order valence-electron chi connectivity index (χ2n) is 14.9. The Bertz CT molecular complexity index is 1980. The van der Waals surface area contributed by atoms with E-state index in [1.165, 1.54) is 31.0 Å². The molecule has 1 aliphatic heterocycles. The Labute approximate surface area is 303 Å². The van der Waals surface area contributed by atoms with Gasteiger partial charge in [0.05, 0.1) is 10.9 Å². The van der Waals surface area contributed by atoms with Crippen LogP contribution in [0.5, 0.6) is 5.75 Å². The second-order valence-corrected chi connectivity index (χ2v) is 21.2. The van der Waals surface area contributed by atoms with Crippen LogP contribution in [-0.2, 0) is 4.74 Å². The molecule has 2 fully saturated rings. The number of pyridine rings is 1. The van der Waals surface area contributed by atoms with Crippen molar-refractivity contribution in [2.24, 2.45) is 11.8 Å². The lowest BCUT2D eigenvalue weighted by molar-refractivity contribution is 0.0512. The van der Waals surface area contributed by atoms with Gasteiger partial charge in [0, 0.05) is 31.1 Å². The number of alkyl halides is 2. The van der Waals surface area contributed by atoms with Crippen LogP contribution in [0.25, 0.3) is 32.9 Å². The number of anilines is 1. The number of nitrogens with zero attached hydrogens (tertiary/aromatic N) is 4. The monoisotopic (exact) mass is 738 g/mol. The molecule has 6 nitrogen and oxygen atoms in total. The molecule has 2 unspecified atom stereocenters. The zero-order valence-corrected chi connectivity index (χ0v) is 32.4. The Morgan fingerprint density at radius 3 is 2.20 bits per heavy atom. The molecule has 12 heteroatoms. The summed E-state index contributed by atoms with van der Waals surface area (Å²) in [6.07, 6.45) is 1.94. The van der Waals surface area contributed by atoms with Crippen molar-refractivity contribution in [3.05, 3.63) is 47.2 Å². The van der Waals surface area contributed by atoms with Crippen LogP contribution >= 0.6 is 11.8 Å². The fraction of sp³-hybridized carbons (Fsp3) is 0.513. The first-order chi connectivity index (χ1) is 24.3. The molecule has 1 aliphatic carbocycles. The summed E-state index contributed by atoms with van der Waals surface area (Å²) >= 11 is 1.22. The minimum absolute atomic E-state index is 0.0662. The van der Waals surface area contributed by atoms with Crippen molar-refractivity contribution in [3.63, 3.8) is 0 Å². The standard InChI is InChI=1S/C39H46F4N4O2SSi/c1-21(2)51(22(3)4,23(5)6)14-13-28-30(40)12-11-26-16-27(49-20-48-7)17-29(31(26)28)34-33(41)35-32(36(44-34)37(42)43)38(46-39(45-35)50-8)47-18-24-9-10-25(15-24)19-47/h11-12,16-17,21-25,37H,9-10,15,18-20H2,1-8H3. The average molecular weight is 739 g/mol. The van der Waals surface area contributed by atoms with Crippen molar-refractivity contribution >= 4 is 47.3 Å². The van der Waals surface area contributed by atoms with Crippen LogP contribution in [0.3, 0.4) is 0 Å². The number of piperidine rings is 1. The second kappa shape index (κ2) is 14.9. The van der Waals surface area contributed by atoms with Gasteiger partial charge in [0.2, 0.25) is 0 Å².